The summed E-state index contributed by atoms with van der Waals surface area (Å²) in [7, 11) is 0. The standard InChI is InChI=1S/C35H23N3/c1-3-10-25(11-4-1)37-31-16-8-7-14-28(31)29-19-18-24(22-33(29)37)27-15-9-17-32-35(27)30-20-21-36-23-34(30)38(32)26-12-5-2-6-13-26/h1-23H. The number of aromatic nitrogens is 3. The first-order valence-corrected chi connectivity index (χ1v) is 12.9. The van der Waals surface area contributed by atoms with Gasteiger partial charge in [0.15, 0.2) is 0 Å². The summed E-state index contributed by atoms with van der Waals surface area (Å²) in [6, 6.07) is 45.5. The van der Waals surface area contributed by atoms with Crippen molar-refractivity contribution >= 4 is 43.6 Å². The second-order valence-corrected chi connectivity index (χ2v) is 9.68. The third kappa shape index (κ3) is 2.99. The van der Waals surface area contributed by atoms with Gasteiger partial charge in [0.25, 0.3) is 0 Å². The molecule has 8 aromatic rings. The first-order valence-electron chi connectivity index (χ1n) is 12.9. The van der Waals surface area contributed by atoms with E-state index in [4.69, 9.17) is 0 Å². The minimum atomic E-state index is 1.11. The van der Waals surface area contributed by atoms with E-state index in [0.717, 1.165) is 11.2 Å². The van der Waals surface area contributed by atoms with Crippen LogP contribution < -0.4 is 0 Å². The number of fused-ring (bicyclic) bond motifs is 6. The summed E-state index contributed by atoms with van der Waals surface area (Å²) in [5, 5.41) is 4.98. The fourth-order valence-electron chi connectivity index (χ4n) is 6.00. The lowest BCUT2D eigenvalue weighted by Gasteiger charge is -2.10. The van der Waals surface area contributed by atoms with Gasteiger partial charge in [0.05, 0.1) is 28.3 Å². The van der Waals surface area contributed by atoms with Crippen molar-refractivity contribution in [1.82, 2.24) is 14.1 Å². The van der Waals surface area contributed by atoms with E-state index >= 15 is 0 Å². The van der Waals surface area contributed by atoms with Gasteiger partial charge >= 0.3 is 0 Å². The molecule has 0 aliphatic heterocycles. The molecule has 3 heteroatoms. The summed E-state index contributed by atoms with van der Waals surface area (Å²) < 4.78 is 4.70. The number of rotatable bonds is 3. The lowest BCUT2D eigenvalue weighted by atomic mass is 9.98. The van der Waals surface area contributed by atoms with Crippen molar-refractivity contribution in [2.45, 2.75) is 0 Å². The summed E-state index contributed by atoms with van der Waals surface area (Å²) >= 11 is 0. The Morgan fingerprint density at radius 1 is 0.447 bits per heavy atom. The maximum atomic E-state index is 4.48. The number of hydrogen-bond acceptors (Lipinski definition) is 1. The fraction of sp³-hybridized carbons (Fsp3) is 0. The highest BCUT2D eigenvalue weighted by atomic mass is 15.0. The van der Waals surface area contributed by atoms with Gasteiger partial charge in [-0.1, -0.05) is 78.9 Å². The monoisotopic (exact) mass is 485 g/mol. The van der Waals surface area contributed by atoms with E-state index in [1.807, 2.05) is 12.4 Å². The molecular weight excluding hydrogens is 462 g/mol. The highest BCUT2D eigenvalue weighted by Gasteiger charge is 2.18. The van der Waals surface area contributed by atoms with Gasteiger partial charge in [0, 0.05) is 39.1 Å². The van der Waals surface area contributed by atoms with E-state index in [1.54, 1.807) is 0 Å². The minimum absolute atomic E-state index is 1.11. The van der Waals surface area contributed by atoms with Crippen LogP contribution in [0.15, 0.2) is 140 Å². The number of para-hydroxylation sites is 3. The normalized spacial score (nSPS) is 11.7. The van der Waals surface area contributed by atoms with Gasteiger partial charge in [-0.15, -0.1) is 0 Å². The maximum absolute atomic E-state index is 4.48. The predicted octanol–water partition coefficient (Wildman–Crippen LogP) is 8.94. The van der Waals surface area contributed by atoms with Gasteiger partial charge < -0.3 is 9.13 Å². The van der Waals surface area contributed by atoms with Crippen LogP contribution in [0.4, 0.5) is 0 Å². The third-order valence-electron chi connectivity index (χ3n) is 7.61. The molecule has 0 fully saturated rings. The Balaban J connectivity index is 1.46. The highest BCUT2D eigenvalue weighted by molar-refractivity contribution is 6.17. The van der Waals surface area contributed by atoms with Crippen molar-refractivity contribution in [3.05, 3.63) is 140 Å². The second kappa shape index (κ2) is 8.19. The van der Waals surface area contributed by atoms with Gasteiger partial charge in [-0.25, -0.2) is 0 Å². The highest BCUT2D eigenvalue weighted by Crippen LogP contribution is 2.40. The molecule has 0 atom stereocenters. The second-order valence-electron chi connectivity index (χ2n) is 9.68. The fourth-order valence-corrected chi connectivity index (χ4v) is 6.00. The van der Waals surface area contributed by atoms with Crippen molar-refractivity contribution in [3.8, 4) is 22.5 Å². The topological polar surface area (TPSA) is 22.8 Å². The lowest BCUT2D eigenvalue weighted by Crippen LogP contribution is -1.94. The van der Waals surface area contributed by atoms with Crippen LogP contribution in [0, 0.1) is 0 Å². The molecule has 0 spiro atoms. The summed E-state index contributed by atoms with van der Waals surface area (Å²) in [4.78, 5) is 4.48. The molecule has 3 aromatic heterocycles. The van der Waals surface area contributed by atoms with E-state index in [0.29, 0.717) is 0 Å². The van der Waals surface area contributed by atoms with Crippen molar-refractivity contribution in [3.63, 3.8) is 0 Å². The number of hydrogen-bond donors (Lipinski definition) is 0. The quantitative estimate of drug-likeness (QED) is 0.245. The van der Waals surface area contributed by atoms with Crippen LogP contribution in [0.25, 0.3) is 66.1 Å². The smallest absolute Gasteiger partial charge is 0.0724 e. The molecule has 0 N–H and O–H groups in total. The van der Waals surface area contributed by atoms with Crippen molar-refractivity contribution < 1.29 is 0 Å². The molecule has 178 valence electrons. The zero-order valence-electron chi connectivity index (χ0n) is 20.6. The summed E-state index contributed by atoms with van der Waals surface area (Å²) in [6.07, 6.45) is 3.87. The van der Waals surface area contributed by atoms with E-state index in [1.165, 1.54) is 54.9 Å². The van der Waals surface area contributed by atoms with Gasteiger partial charge in [0.2, 0.25) is 0 Å². The van der Waals surface area contributed by atoms with Crippen molar-refractivity contribution in [2.24, 2.45) is 0 Å². The van der Waals surface area contributed by atoms with Gasteiger partial charge in [0.1, 0.15) is 0 Å². The molecule has 0 aliphatic carbocycles. The summed E-state index contributed by atoms with van der Waals surface area (Å²) in [5.74, 6) is 0. The molecule has 0 aliphatic rings. The Morgan fingerprint density at radius 3 is 1.89 bits per heavy atom. The van der Waals surface area contributed by atoms with Crippen LogP contribution in [0.5, 0.6) is 0 Å². The molecule has 5 aromatic carbocycles. The Bertz CT molecular complexity index is 2120. The summed E-state index contributed by atoms with van der Waals surface area (Å²) in [5.41, 5.74) is 9.45. The lowest BCUT2D eigenvalue weighted by molar-refractivity contribution is 1.17. The number of benzene rings is 5. The molecule has 3 nitrogen and oxygen atoms in total. The molecule has 8 rings (SSSR count). The SMILES string of the molecule is c1ccc(-n2c3ccccc3c3ccc(-c4cccc5c4c4ccncc4n5-c4ccccc4)cc32)cc1. The van der Waals surface area contributed by atoms with E-state index in [-0.39, 0.29) is 0 Å². The molecule has 0 saturated carbocycles. The van der Waals surface area contributed by atoms with Crippen LogP contribution in [0.1, 0.15) is 0 Å². The largest absolute Gasteiger partial charge is 0.309 e. The first kappa shape index (κ1) is 21.0. The molecule has 0 radical (unpaired) electrons. The van der Waals surface area contributed by atoms with Crippen LogP contribution in [-0.4, -0.2) is 14.1 Å². The molecule has 0 amide bonds. The molecule has 0 unspecified atom stereocenters. The van der Waals surface area contributed by atoms with E-state index in [9.17, 15) is 0 Å². The van der Waals surface area contributed by atoms with Crippen LogP contribution in [-0.2, 0) is 0 Å². The molecule has 38 heavy (non-hydrogen) atoms. The van der Waals surface area contributed by atoms with Gasteiger partial charge in [-0.3, -0.25) is 4.98 Å². The molecular formula is C35H23N3. The Kier molecular flexibility index (Phi) is 4.52. The van der Waals surface area contributed by atoms with Gasteiger partial charge in [-0.05, 0) is 59.7 Å². The number of nitrogens with zero attached hydrogens (tertiary/aromatic N) is 3. The van der Waals surface area contributed by atoms with Crippen molar-refractivity contribution in [2.75, 3.05) is 0 Å². The zero-order valence-corrected chi connectivity index (χ0v) is 20.6. The Morgan fingerprint density at radius 2 is 1.11 bits per heavy atom. The third-order valence-corrected chi connectivity index (χ3v) is 7.61. The first-order chi connectivity index (χ1) is 18.9. The molecule has 0 saturated heterocycles. The zero-order chi connectivity index (χ0) is 25.1. The molecule has 3 heterocycles. The molecule has 0 bridgehead atoms. The van der Waals surface area contributed by atoms with Crippen molar-refractivity contribution in [1.29, 1.82) is 0 Å². The predicted molar refractivity (Wildman–Crippen MR) is 158 cm³/mol. The van der Waals surface area contributed by atoms with Crippen LogP contribution in [0.3, 0.4) is 0 Å². The Hall–Kier alpha value is -5.15. The average Bonchev–Trinajstić information content (AvgIpc) is 3.51. The van der Waals surface area contributed by atoms with Gasteiger partial charge in [-0.2, -0.15) is 0 Å². The Labute approximate surface area is 219 Å². The van der Waals surface area contributed by atoms with E-state index in [2.05, 4.69) is 142 Å². The average molecular weight is 486 g/mol. The van der Waals surface area contributed by atoms with Crippen LogP contribution >= 0.6 is 0 Å². The summed E-state index contributed by atoms with van der Waals surface area (Å²) in [6.45, 7) is 0. The number of pyridine rings is 1. The minimum Gasteiger partial charge on any atom is -0.309 e. The van der Waals surface area contributed by atoms with E-state index < -0.39 is 0 Å². The van der Waals surface area contributed by atoms with Crippen LogP contribution in [0.2, 0.25) is 0 Å². The maximum Gasteiger partial charge on any atom is 0.0724 e.